The molecular weight excluding hydrogens is 869 g/mol. The quantitative estimate of drug-likeness (QED) is 0.101. The van der Waals surface area contributed by atoms with E-state index in [0.717, 1.165) is 56.0 Å². The number of hydrogen-bond donors (Lipinski definition) is 2. The molecule has 0 bridgehead atoms. The van der Waals surface area contributed by atoms with Crippen molar-refractivity contribution in [1.29, 1.82) is 0 Å². The zero-order valence-corrected chi connectivity index (χ0v) is 39.5. The maximum atomic E-state index is 9.73. The molecule has 0 fully saturated rings. The molecule has 10 aromatic rings. The summed E-state index contributed by atoms with van der Waals surface area (Å²) in [5.41, 5.74) is 20.0. The van der Waals surface area contributed by atoms with Crippen LogP contribution in [0.2, 0.25) is 0 Å². The van der Waals surface area contributed by atoms with E-state index < -0.39 is 5.41 Å². The Morgan fingerprint density at radius 3 is 1.07 bits per heavy atom. The first-order valence-electron chi connectivity index (χ1n) is 24.5. The molecule has 4 nitrogen and oxygen atoms in total. The van der Waals surface area contributed by atoms with Crippen LogP contribution >= 0.6 is 0 Å². The summed E-state index contributed by atoms with van der Waals surface area (Å²) in [6.07, 6.45) is 1.39. The Labute approximate surface area is 416 Å². The first kappa shape index (κ1) is 45.2. The minimum absolute atomic E-state index is 0.0559. The number of hydrogen-bond acceptors (Lipinski definition) is 4. The van der Waals surface area contributed by atoms with Gasteiger partial charge in [-0.05, 0) is 149 Å². The van der Waals surface area contributed by atoms with Crippen LogP contribution in [0.25, 0.3) is 55.6 Å². The van der Waals surface area contributed by atoms with Gasteiger partial charge in [0.1, 0.15) is 24.7 Å². The van der Waals surface area contributed by atoms with Gasteiger partial charge in [-0.3, -0.25) is 0 Å². The standard InChI is InChI=1S/C67H54O4/c68-35-37-70-65-33-29-53(41-57(65)39-47-15-5-1-6-16-47)51-23-13-25-59(43-51)67(60-26-14-24-52(44-60)54-30-34-66(71-38-36-69)58(42-54)40-48-17-7-2-8-18-48)63-31-27-55(49-19-9-3-10-20-49)45-61(63)62-46-56(28-32-64(62)67)50-21-11-4-12-22-50/h1-34,41-46,68-69H,35-40H2. The molecule has 0 aliphatic heterocycles. The molecule has 0 radical (unpaired) electrons. The highest BCUT2D eigenvalue weighted by Gasteiger charge is 2.46. The zero-order chi connectivity index (χ0) is 48.0. The lowest BCUT2D eigenvalue weighted by Crippen LogP contribution is -2.28. The number of aliphatic hydroxyl groups excluding tert-OH is 2. The Morgan fingerprint density at radius 2 is 0.662 bits per heavy atom. The molecule has 346 valence electrons. The molecule has 0 saturated heterocycles. The summed E-state index contributed by atoms with van der Waals surface area (Å²) in [6.45, 7) is 0.343. The summed E-state index contributed by atoms with van der Waals surface area (Å²) < 4.78 is 12.3. The van der Waals surface area contributed by atoms with Crippen molar-refractivity contribution in [3.05, 3.63) is 287 Å². The highest BCUT2D eigenvalue weighted by atomic mass is 16.5. The molecule has 0 aromatic heterocycles. The van der Waals surface area contributed by atoms with Crippen molar-refractivity contribution in [2.75, 3.05) is 26.4 Å². The van der Waals surface area contributed by atoms with Crippen LogP contribution in [0, 0.1) is 0 Å². The summed E-state index contributed by atoms with van der Waals surface area (Å²) in [6, 6.07) is 87.5. The Bertz CT molecular complexity index is 3210. The Balaban J connectivity index is 1.13. The van der Waals surface area contributed by atoms with E-state index in [1.54, 1.807) is 0 Å². The van der Waals surface area contributed by atoms with Gasteiger partial charge in [-0.25, -0.2) is 0 Å². The lowest BCUT2D eigenvalue weighted by Gasteiger charge is -2.35. The van der Waals surface area contributed by atoms with Crippen LogP contribution in [-0.4, -0.2) is 36.6 Å². The molecule has 1 aliphatic carbocycles. The molecular formula is C67H54O4. The summed E-state index contributed by atoms with van der Waals surface area (Å²) in [4.78, 5) is 0. The monoisotopic (exact) mass is 922 g/mol. The second-order valence-corrected chi connectivity index (χ2v) is 18.3. The lowest BCUT2D eigenvalue weighted by atomic mass is 9.66. The van der Waals surface area contributed by atoms with E-state index in [4.69, 9.17) is 9.47 Å². The third-order valence-electron chi connectivity index (χ3n) is 13.9. The van der Waals surface area contributed by atoms with Crippen LogP contribution in [0.5, 0.6) is 11.5 Å². The summed E-state index contributed by atoms with van der Waals surface area (Å²) >= 11 is 0. The van der Waals surface area contributed by atoms with E-state index in [1.165, 1.54) is 55.6 Å². The van der Waals surface area contributed by atoms with Gasteiger partial charge in [-0.2, -0.15) is 0 Å². The molecule has 0 heterocycles. The summed E-state index contributed by atoms with van der Waals surface area (Å²) in [7, 11) is 0. The van der Waals surface area contributed by atoms with Crippen molar-refractivity contribution in [1.82, 2.24) is 0 Å². The molecule has 0 spiro atoms. The molecule has 10 aromatic carbocycles. The fraction of sp³-hybridized carbons (Fsp3) is 0.104. The van der Waals surface area contributed by atoms with Crippen LogP contribution < -0.4 is 9.47 Å². The first-order chi connectivity index (χ1) is 35.1. The first-order valence-corrected chi connectivity index (χ1v) is 24.5. The Kier molecular flexibility index (Phi) is 13.0. The van der Waals surface area contributed by atoms with Gasteiger partial charge in [0.05, 0.1) is 18.6 Å². The molecule has 4 heteroatoms. The van der Waals surface area contributed by atoms with Crippen LogP contribution in [0.3, 0.4) is 0 Å². The van der Waals surface area contributed by atoms with Gasteiger partial charge in [0.2, 0.25) is 0 Å². The normalized spacial score (nSPS) is 12.3. The van der Waals surface area contributed by atoms with E-state index in [1.807, 2.05) is 12.1 Å². The van der Waals surface area contributed by atoms with Gasteiger partial charge in [0.15, 0.2) is 0 Å². The van der Waals surface area contributed by atoms with Gasteiger partial charge < -0.3 is 19.7 Å². The topological polar surface area (TPSA) is 58.9 Å². The second-order valence-electron chi connectivity index (χ2n) is 18.3. The molecule has 0 saturated carbocycles. The number of aliphatic hydroxyl groups is 2. The number of rotatable bonds is 16. The zero-order valence-electron chi connectivity index (χ0n) is 39.5. The third-order valence-corrected chi connectivity index (χ3v) is 13.9. The average Bonchev–Trinajstić information content (AvgIpc) is 3.73. The lowest BCUT2D eigenvalue weighted by molar-refractivity contribution is 0.200. The highest BCUT2D eigenvalue weighted by molar-refractivity contribution is 5.92. The van der Waals surface area contributed by atoms with Crippen molar-refractivity contribution in [2.24, 2.45) is 0 Å². The minimum atomic E-state index is -0.727. The predicted octanol–water partition coefficient (Wildman–Crippen LogP) is 14.6. The van der Waals surface area contributed by atoms with E-state index >= 15 is 0 Å². The molecule has 2 N–H and O–H groups in total. The number of benzene rings is 10. The fourth-order valence-electron chi connectivity index (χ4n) is 10.6. The third kappa shape index (κ3) is 9.08. The van der Waals surface area contributed by atoms with Gasteiger partial charge in [0.25, 0.3) is 0 Å². The highest BCUT2D eigenvalue weighted by Crippen LogP contribution is 2.58. The van der Waals surface area contributed by atoms with Crippen LogP contribution in [0.15, 0.2) is 243 Å². The van der Waals surface area contributed by atoms with E-state index in [0.29, 0.717) is 12.8 Å². The van der Waals surface area contributed by atoms with E-state index in [2.05, 4.69) is 231 Å². The number of fused-ring (bicyclic) bond motifs is 3. The van der Waals surface area contributed by atoms with Crippen molar-refractivity contribution >= 4 is 0 Å². The van der Waals surface area contributed by atoms with Gasteiger partial charge in [0, 0.05) is 12.8 Å². The van der Waals surface area contributed by atoms with Gasteiger partial charge in [-0.15, -0.1) is 0 Å². The SMILES string of the molecule is OCCOc1ccc(-c2cccc(C3(c4cccc(-c5ccc(OCCO)c(Cc6ccccc6)c5)c4)c4ccc(-c5ccccc5)cc4-c4cc(-c5ccccc5)ccc43)c2)cc1Cc1ccccc1. The Hall–Kier alpha value is -8.28. The van der Waals surface area contributed by atoms with Gasteiger partial charge >= 0.3 is 0 Å². The van der Waals surface area contributed by atoms with Gasteiger partial charge in [-0.1, -0.05) is 194 Å². The molecule has 0 amide bonds. The molecule has 71 heavy (non-hydrogen) atoms. The molecule has 0 unspecified atom stereocenters. The minimum Gasteiger partial charge on any atom is -0.491 e. The fourth-order valence-corrected chi connectivity index (χ4v) is 10.6. The van der Waals surface area contributed by atoms with E-state index in [9.17, 15) is 10.2 Å². The van der Waals surface area contributed by atoms with Crippen LogP contribution in [0.1, 0.15) is 44.5 Å². The maximum Gasteiger partial charge on any atom is 0.122 e. The van der Waals surface area contributed by atoms with Crippen molar-refractivity contribution < 1.29 is 19.7 Å². The molecule has 11 rings (SSSR count). The molecule has 1 aliphatic rings. The smallest absolute Gasteiger partial charge is 0.122 e. The summed E-state index contributed by atoms with van der Waals surface area (Å²) in [5.74, 6) is 1.55. The largest absolute Gasteiger partial charge is 0.491 e. The van der Waals surface area contributed by atoms with Crippen molar-refractivity contribution in [3.63, 3.8) is 0 Å². The van der Waals surface area contributed by atoms with Crippen molar-refractivity contribution in [2.45, 2.75) is 18.3 Å². The van der Waals surface area contributed by atoms with Crippen LogP contribution in [-0.2, 0) is 18.3 Å². The predicted molar refractivity (Wildman–Crippen MR) is 289 cm³/mol. The van der Waals surface area contributed by atoms with Crippen molar-refractivity contribution in [3.8, 4) is 67.1 Å². The summed E-state index contributed by atoms with van der Waals surface area (Å²) in [5, 5.41) is 19.5. The number of ether oxygens (including phenoxy) is 2. The molecule has 0 atom stereocenters. The Morgan fingerprint density at radius 1 is 0.310 bits per heavy atom. The maximum absolute atomic E-state index is 9.73. The average molecular weight is 923 g/mol. The van der Waals surface area contributed by atoms with Crippen LogP contribution in [0.4, 0.5) is 0 Å². The van der Waals surface area contributed by atoms with E-state index in [-0.39, 0.29) is 26.4 Å². The second kappa shape index (κ2) is 20.4.